The van der Waals surface area contributed by atoms with Gasteiger partial charge in [0.05, 0.1) is 12.0 Å². The molecule has 0 spiro atoms. The maximum atomic E-state index is 11.9. The van der Waals surface area contributed by atoms with Crippen LogP contribution in [0.4, 0.5) is 4.79 Å². The quantitative estimate of drug-likeness (QED) is 0.652. The van der Waals surface area contributed by atoms with Crippen molar-refractivity contribution in [3.63, 3.8) is 0 Å². The van der Waals surface area contributed by atoms with Gasteiger partial charge in [0.25, 0.3) is 0 Å². The lowest BCUT2D eigenvalue weighted by Gasteiger charge is -2.32. The Kier molecular flexibility index (Phi) is 6.22. The third-order valence-electron chi connectivity index (χ3n) is 3.46. The molecule has 116 valence electrons. The summed E-state index contributed by atoms with van der Waals surface area (Å²) in [5.41, 5.74) is -1.43. The molecule has 1 aliphatic rings. The van der Waals surface area contributed by atoms with Gasteiger partial charge in [-0.25, -0.2) is 4.79 Å². The number of urea groups is 1. The van der Waals surface area contributed by atoms with E-state index in [4.69, 9.17) is 9.84 Å². The zero-order chi connectivity index (χ0) is 15.2. The molecule has 0 aromatic rings. The van der Waals surface area contributed by atoms with E-state index in [0.717, 1.165) is 12.8 Å². The third-order valence-corrected chi connectivity index (χ3v) is 3.46. The second-order valence-electron chi connectivity index (χ2n) is 5.61. The fraction of sp³-hybridized carbons (Fsp3) is 0.846. The van der Waals surface area contributed by atoms with Crippen LogP contribution in [-0.4, -0.2) is 66.1 Å². The molecule has 2 amide bonds. The Morgan fingerprint density at radius 1 is 1.40 bits per heavy atom. The van der Waals surface area contributed by atoms with Crippen LogP contribution in [0.5, 0.6) is 0 Å². The van der Waals surface area contributed by atoms with Crippen molar-refractivity contribution in [3.05, 3.63) is 0 Å². The number of carbonyl (C=O) groups is 2. The predicted molar refractivity (Wildman–Crippen MR) is 72.4 cm³/mol. The summed E-state index contributed by atoms with van der Waals surface area (Å²) in [7, 11) is 1.67. The van der Waals surface area contributed by atoms with E-state index in [0.29, 0.717) is 25.6 Å². The zero-order valence-corrected chi connectivity index (χ0v) is 12.1. The number of aliphatic hydroxyl groups is 1. The monoisotopic (exact) mass is 288 g/mol. The highest BCUT2D eigenvalue weighted by atomic mass is 16.5. The van der Waals surface area contributed by atoms with Crippen LogP contribution in [0.3, 0.4) is 0 Å². The molecule has 0 aromatic carbocycles. The molecule has 0 aromatic heterocycles. The number of piperidine rings is 1. The van der Waals surface area contributed by atoms with Gasteiger partial charge in [-0.05, 0) is 25.7 Å². The van der Waals surface area contributed by atoms with Crippen molar-refractivity contribution in [2.75, 3.05) is 33.4 Å². The summed E-state index contributed by atoms with van der Waals surface area (Å²) in [6, 6.07) is -0.258. The number of aliphatic carboxylic acids is 1. The minimum atomic E-state index is -1.43. The Balaban J connectivity index is 2.32. The first-order chi connectivity index (χ1) is 9.34. The number of methoxy groups -OCH3 is 1. The summed E-state index contributed by atoms with van der Waals surface area (Å²) in [6.45, 7) is 3.34. The van der Waals surface area contributed by atoms with Crippen LogP contribution in [0.15, 0.2) is 0 Å². The van der Waals surface area contributed by atoms with Gasteiger partial charge < -0.3 is 25.2 Å². The number of likely N-dealkylation sites (tertiary alicyclic amines) is 1. The molecule has 1 rings (SSSR count). The second kappa shape index (κ2) is 7.44. The molecule has 0 saturated carbocycles. The summed E-state index contributed by atoms with van der Waals surface area (Å²) < 4.78 is 5.10. The van der Waals surface area contributed by atoms with Crippen LogP contribution >= 0.6 is 0 Å². The van der Waals surface area contributed by atoms with E-state index in [1.165, 1.54) is 6.92 Å². The van der Waals surface area contributed by atoms with Crippen LogP contribution in [-0.2, 0) is 9.53 Å². The van der Waals surface area contributed by atoms with Crippen molar-refractivity contribution in [3.8, 4) is 0 Å². The number of ether oxygens (including phenoxy) is 1. The van der Waals surface area contributed by atoms with Crippen LogP contribution < -0.4 is 5.32 Å². The highest BCUT2D eigenvalue weighted by Crippen LogP contribution is 2.17. The number of carboxylic acids is 1. The number of nitrogens with one attached hydrogen (secondary N) is 1. The number of rotatable bonds is 6. The van der Waals surface area contributed by atoms with Gasteiger partial charge >= 0.3 is 12.0 Å². The van der Waals surface area contributed by atoms with E-state index in [1.54, 1.807) is 12.0 Å². The topological polar surface area (TPSA) is 99.1 Å². The van der Waals surface area contributed by atoms with Gasteiger partial charge in [-0.15, -0.1) is 0 Å². The second-order valence-corrected chi connectivity index (χ2v) is 5.61. The van der Waals surface area contributed by atoms with Crippen LogP contribution in [0.2, 0.25) is 0 Å². The van der Waals surface area contributed by atoms with Crippen molar-refractivity contribution in [1.29, 1.82) is 0 Å². The minimum Gasteiger partial charge on any atom is -0.481 e. The number of hydrogen-bond donors (Lipinski definition) is 3. The highest BCUT2D eigenvalue weighted by Gasteiger charge is 2.27. The molecular formula is C13H24N2O5. The average molecular weight is 288 g/mol. The van der Waals surface area contributed by atoms with Crippen molar-refractivity contribution in [2.24, 2.45) is 5.92 Å². The van der Waals surface area contributed by atoms with Gasteiger partial charge in [0.2, 0.25) is 0 Å². The lowest BCUT2D eigenvalue weighted by molar-refractivity contribution is -0.141. The van der Waals surface area contributed by atoms with Gasteiger partial charge in [0.1, 0.15) is 0 Å². The summed E-state index contributed by atoms with van der Waals surface area (Å²) in [5.74, 6) is -0.608. The Morgan fingerprint density at radius 3 is 2.50 bits per heavy atom. The van der Waals surface area contributed by atoms with E-state index >= 15 is 0 Å². The molecule has 1 aliphatic heterocycles. The lowest BCUT2D eigenvalue weighted by atomic mass is 9.98. The number of nitrogens with zero attached hydrogens (tertiary/aromatic N) is 1. The molecular weight excluding hydrogens is 264 g/mol. The van der Waals surface area contributed by atoms with E-state index in [2.05, 4.69) is 5.32 Å². The summed E-state index contributed by atoms with van der Waals surface area (Å²) in [5, 5.41) is 21.0. The minimum absolute atomic E-state index is 0.0733. The summed E-state index contributed by atoms with van der Waals surface area (Å²) in [4.78, 5) is 24.2. The Labute approximate surface area is 118 Å². The smallest absolute Gasteiger partial charge is 0.317 e. The van der Waals surface area contributed by atoms with Gasteiger partial charge in [-0.2, -0.15) is 0 Å². The zero-order valence-electron chi connectivity index (χ0n) is 12.1. The van der Waals surface area contributed by atoms with Gasteiger partial charge in [-0.3, -0.25) is 4.79 Å². The molecule has 1 saturated heterocycles. The van der Waals surface area contributed by atoms with Crippen LogP contribution in [0.25, 0.3) is 0 Å². The van der Waals surface area contributed by atoms with E-state index < -0.39 is 18.0 Å². The SMILES string of the molecule is COCC1CCN(C(=O)NCC(C)(O)CC(=O)O)CC1. The standard InChI is InChI=1S/C13H24N2O5/c1-13(19,7-11(16)17)9-14-12(18)15-5-3-10(4-6-15)8-20-2/h10,19H,3-9H2,1-2H3,(H,14,18)(H,16,17). The van der Waals surface area contributed by atoms with Crippen LogP contribution in [0, 0.1) is 5.92 Å². The molecule has 0 bridgehead atoms. The number of carboxylic acid groups (broad SMARTS) is 1. The van der Waals surface area contributed by atoms with Crippen molar-refractivity contribution < 1.29 is 24.5 Å². The molecule has 3 N–H and O–H groups in total. The Morgan fingerprint density at radius 2 is 2.00 bits per heavy atom. The first kappa shape index (κ1) is 16.7. The maximum absolute atomic E-state index is 11.9. The normalized spacial score (nSPS) is 19.4. The molecule has 1 heterocycles. The summed E-state index contributed by atoms with van der Waals surface area (Å²) in [6.07, 6.45) is 1.39. The van der Waals surface area contributed by atoms with Crippen molar-refractivity contribution in [2.45, 2.75) is 31.8 Å². The third kappa shape index (κ3) is 5.75. The van der Waals surface area contributed by atoms with E-state index in [1.807, 2.05) is 0 Å². The van der Waals surface area contributed by atoms with Crippen molar-refractivity contribution in [1.82, 2.24) is 10.2 Å². The van der Waals surface area contributed by atoms with Crippen LogP contribution in [0.1, 0.15) is 26.2 Å². The number of amides is 2. The van der Waals surface area contributed by atoms with E-state index in [9.17, 15) is 14.7 Å². The molecule has 7 heteroatoms. The van der Waals surface area contributed by atoms with Crippen molar-refractivity contribution >= 4 is 12.0 Å². The molecule has 0 radical (unpaired) electrons. The fourth-order valence-corrected chi connectivity index (χ4v) is 2.30. The molecule has 1 atom stereocenters. The average Bonchev–Trinajstić information content (AvgIpc) is 2.36. The maximum Gasteiger partial charge on any atom is 0.317 e. The molecule has 20 heavy (non-hydrogen) atoms. The Bertz CT molecular complexity index is 338. The first-order valence-electron chi connectivity index (χ1n) is 6.80. The van der Waals surface area contributed by atoms with Gasteiger partial charge in [0, 0.05) is 33.4 Å². The Hall–Kier alpha value is -1.34. The summed E-state index contributed by atoms with van der Waals surface area (Å²) >= 11 is 0. The fourth-order valence-electron chi connectivity index (χ4n) is 2.30. The number of hydrogen-bond acceptors (Lipinski definition) is 4. The van der Waals surface area contributed by atoms with E-state index in [-0.39, 0.29) is 12.6 Å². The first-order valence-corrected chi connectivity index (χ1v) is 6.80. The predicted octanol–water partition coefficient (Wildman–Crippen LogP) is 0.280. The highest BCUT2D eigenvalue weighted by molar-refractivity contribution is 5.74. The van der Waals surface area contributed by atoms with Gasteiger partial charge in [0.15, 0.2) is 0 Å². The largest absolute Gasteiger partial charge is 0.481 e. The molecule has 7 nitrogen and oxygen atoms in total. The molecule has 1 unspecified atom stereocenters. The van der Waals surface area contributed by atoms with Gasteiger partial charge in [-0.1, -0.05) is 0 Å². The number of carbonyl (C=O) groups excluding carboxylic acids is 1. The lowest BCUT2D eigenvalue weighted by Crippen LogP contribution is -2.49. The molecule has 0 aliphatic carbocycles. The molecule has 1 fully saturated rings.